The van der Waals surface area contributed by atoms with Gasteiger partial charge in [0.2, 0.25) is 0 Å². The Balaban J connectivity index is 1.50. The maximum Gasteiger partial charge on any atom is 0.250 e. The molecule has 5 nitrogen and oxygen atoms in total. The van der Waals surface area contributed by atoms with Crippen molar-refractivity contribution in [3.63, 3.8) is 0 Å². The van der Waals surface area contributed by atoms with E-state index >= 15 is 0 Å². The largest absolute Gasteiger partial charge is 0.347 e. The smallest absolute Gasteiger partial charge is 0.250 e. The summed E-state index contributed by atoms with van der Waals surface area (Å²) in [7, 11) is 0. The average molecular weight is 264 g/mol. The minimum atomic E-state index is -0.305. The minimum Gasteiger partial charge on any atom is -0.347 e. The molecule has 0 aliphatic carbocycles. The predicted molar refractivity (Wildman–Crippen MR) is 71.0 cm³/mol. The standard InChI is InChI=1S/C14H20N2O3/c17-13-3-1-2-6-16(13)10-9-15-7-4-14(5-8-15)18-11-12-19-14/h1-3,6H,4-5,7-12H2. The highest BCUT2D eigenvalue weighted by Crippen LogP contribution is 2.30. The van der Waals surface area contributed by atoms with Gasteiger partial charge in [-0.15, -0.1) is 0 Å². The summed E-state index contributed by atoms with van der Waals surface area (Å²) in [4.78, 5) is 14.0. The summed E-state index contributed by atoms with van der Waals surface area (Å²) in [6.45, 7) is 5.04. The van der Waals surface area contributed by atoms with Crippen LogP contribution in [0.15, 0.2) is 29.2 Å². The first-order valence-electron chi connectivity index (χ1n) is 6.93. The summed E-state index contributed by atoms with van der Waals surface area (Å²) in [6.07, 6.45) is 3.70. The fraction of sp³-hybridized carbons (Fsp3) is 0.643. The van der Waals surface area contributed by atoms with Gasteiger partial charge in [-0.2, -0.15) is 0 Å². The highest BCUT2D eigenvalue weighted by Gasteiger charge is 2.39. The van der Waals surface area contributed by atoms with Crippen LogP contribution in [0, 0.1) is 0 Å². The lowest BCUT2D eigenvalue weighted by molar-refractivity contribution is -0.185. The summed E-state index contributed by atoms with van der Waals surface area (Å²) in [6, 6.07) is 5.27. The second-order valence-electron chi connectivity index (χ2n) is 5.18. The first kappa shape index (κ1) is 12.8. The zero-order valence-corrected chi connectivity index (χ0v) is 11.1. The Morgan fingerprint density at radius 1 is 1.11 bits per heavy atom. The molecule has 0 N–H and O–H groups in total. The number of pyridine rings is 1. The van der Waals surface area contributed by atoms with Crippen LogP contribution >= 0.6 is 0 Å². The zero-order valence-electron chi connectivity index (χ0n) is 11.1. The van der Waals surface area contributed by atoms with E-state index in [1.807, 2.05) is 12.3 Å². The molecule has 2 fully saturated rings. The van der Waals surface area contributed by atoms with E-state index in [1.54, 1.807) is 16.7 Å². The van der Waals surface area contributed by atoms with Crippen LogP contribution in [0.1, 0.15) is 12.8 Å². The van der Waals surface area contributed by atoms with E-state index in [0.717, 1.165) is 52.2 Å². The average Bonchev–Trinajstić information content (AvgIpc) is 2.88. The molecule has 0 amide bonds. The normalized spacial score (nSPS) is 22.9. The van der Waals surface area contributed by atoms with Crippen LogP contribution in [0.3, 0.4) is 0 Å². The van der Waals surface area contributed by atoms with E-state index in [2.05, 4.69) is 4.90 Å². The number of hydrogen-bond acceptors (Lipinski definition) is 4. The van der Waals surface area contributed by atoms with Crippen molar-refractivity contribution in [3.8, 4) is 0 Å². The summed E-state index contributed by atoms with van der Waals surface area (Å²) in [5.74, 6) is -0.305. The van der Waals surface area contributed by atoms with Gasteiger partial charge in [0.25, 0.3) is 5.56 Å². The molecule has 1 aromatic heterocycles. The molecule has 2 aliphatic heterocycles. The number of nitrogens with zero attached hydrogens (tertiary/aromatic N) is 2. The number of likely N-dealkylation sites (tertiary alicyclic amines) is 1. The van der Waals surface area contributed by atoms with Crippen molar-refractivity contribution < 1.29 is 9.47 Å². The van der Waals surface area contributed by atoms with Crippen molar-refractivity contribution in [1.29, 1.82) is 0 Å². The number of rotatable bonds is 3. The third kappa shape index (κ3) is 2.88. The monoisotopic (exact) mass is 264 g/mol. The van der Waals surface area contributed by atoms with Crippen molar-refractivity contribution in [2.45, 2.75) is 25.2 Å². The molecule has 104 valence electrons. The van der Waals surface area contributed by atoms with E-state index in [1.165, 1.54) is 0 Å². The fourth-order valence-corrected chi connectivity index (χ4v) is 2.80. The lowest BCUT2D eigenvalue weighted by Gasteiger charge is -2.37. The molecule has 1 spiro atoms. The number of aromatic nitrogens is 1. The predicted octanol–water partition coefficient (Wildman–Crippen LogP) is 0.687. The van der Waals surface area contributed by atoms with E-state index in [4.69, 9.17) is 9.47 Å². The third-order valence-electron chi connectivity index (χ3n) is 3.99. The molecule has 3 heterocycles. The van der Waals surface area contributed by atoms with Gasteiger partial charge < -0.3 is 18.9 Å². The van der Waals surface area contributed by atoms with Gasteiger partial charge in [-0.05, 0) is 6.07 Å². The molecular formula is C14H20N2O3. The molecular weight excluding hydrogens is 244 g/mol. The van der Waals surface area contributed by atoms with Gasteiger partial charge in [0.1, 0.15) is 0 Å². The molecule has 0 bridgehead atoms. The van der Waals surface area contributed by atoms with Gasteiger partial charge in [-0.3, -0.25) is 4.79 Å². The molecule has 0 aromatic carbocycles. The quantitative estimate of drug-likeness (QED) is 0.805. The highest BCUT2D eigenvalue weighted by atomic mass is 16.7. The SMILES string of the molecule is O=c1ccccn1CCN1CCC2(CC1)OCCO2. The van der Waals surface area contributed by atoms with Crippen LogP contribution in [0.2, 0.25) is 0 Å². The molecule has 0 unspecified atom stereocenters. The molecule has 0 atom stereocenters. The summed E-state index contributed by atoms with van der Waals surface area (Å²) >= 11 is 0. The highest BCUT2D eigenvalue weighted by molar-refractivity contribution is 4.93. The topological polar surface area (TPSA) is 43.7 Å². The Labute approximate surface area is 112 Å². The van der Waals surface area contributed by atoms with E-state index in [0.29, 0.717) is 0 Å². The maximum atomic E-state index is 11.6. The number of hydrogen-bond donors (Lipinski definition) is 0. The molecule has 19 heavy (non-hydrogen) atoms. The van der Waals surface area contributed by atoms with Crippen LogP contribution in [0.25, 0.3) is 0 Å². The van der Waals surface area contributed by atoms with Crippen molar-refractivity contribution in [2.24, 2.45) is 0 Å². The first-order valence-corrected chi connectivity index (χ1v) is 6.93. The summed E-state index contributed by atoms with van der Waals surface area (Å²) < 4.78 is 13.2. The van der Waals surface area contributed by atoms with Gasteiger partial charge in [0.05, 0.1) is 13.2 Å². The first-order chi connectivity index (χ1) is 9.27. The lowest BCUT2D eigenvalue weighted by Crippen LogP contribution is -2.46. The Morgan fingerprint density at radius 3 is 2.53 bits per heavy atom. The molecule has 0 saturated carbocycles. The van der Waals surface area contributed by atoms with Gasteiger partial charge >= 0.3 is 0 Å². The lowest BCUT2D eigenvalue weighted by atomic mass is 10.0. The van der Waals surface area contributed by atoms with Gasteiger partial charge in [0.15, 0.2) is 5.79 Å². The van der Waals surface area contributed by atoms with Crippen LogP contribution in [0.4, 0.5) is 0 Å². The number of ether oxygens (including phenoxy) is 2. The molecule has 0 radical (unpaired) electrons. The van der Waals surface area contributed by atoms with Crippen LogP contribution < -0.4 is 5.56 Å². The summed E-state index contributed by atoms with van der Waals surface area (Å²) in [5.41, 5.74) is 0.0680. The zero-order chi connectivity index (χ0) is 13.1. The Bertz CT molecular complexity index is 470. The van der Waals surface area contributed by atoms with Crippen LogP contribution in [-0.4, -0.2) is 48.1 Å². The molecule has 5 heteroatoms. The van der Waals surface area contributed by atoms with Gasteiger partial charge in [-0.1, -0.05) is 6.07 Å². The second-order valence-corrected chi connectivity index (χ2v) is 5.18. The summed E-state index contributed by atoms with van der Waals surface area (Å²) in [5, 5.41) is 0. The van der Waals surface area contributed by atoms with Gasteiger partial charge in [-0.25, -0.2) is 0 Å². The fourth-order valence-electron chi connectivity index (χ4n) is 2.80. The van der Waals surface area contributed by atoms with Crippen molar-refractivity contribution >= 4 is 0 Å². The molecule has 2 aliphatic rings. The maximum absolute atomic E-state index is 11.6. The Hall–Kier alpha value is -1.17. The van der Waals surface area contributed by atoms with Crippen molar-refractivity contribution in [1.82, 2.24) is 9.47 Å². The van der Waals surface area contributed by atoms with Gasteiger partial charge in [0, 0.05) is 51.3 Å². The van der Waals surface area contributed by atoms with Crippen LogP contribution in [-0.2, 0) is 16.0 Å². The number of piperidine rings is 1. The Kier molecular flexibility index (Phi) is 3.68. The van der Waals surface area contributed by atoms with E-state index in [9.17, 15) is 4.79 Å². The van der Waals surface area contributed by atoms with E-state index in [-0.39, 0.29) is 11.3 Å². The molecule has 3 rings (SSSR count). The van der Waals surface area contributed by atoms with Crippen LogP contribution in [0.5, 0.6) is 0 Å². The van der Waals surface area contributed by atoms with Crippen molar-refractivity contribution in [2.75, 3.05) is 32.8 Å². The second kappa shape index (κ2) is 5.45. The molecule has 1 aromatic rings. The Morgan fingerprint density at radius 2 is 1.84 bits per heavy atom. The minimum absolute atomic E-state index is 0.0680. The third-order valence-corrected chi connectivity index (χ3v) is 3.99. The van der Waals surface area contributed by atoms with E-state index < -0.39 is 0 Å². The molecule has 2 saturated heterocycles. The van der Waals surface area contributed by atoms with Crippen molar-refractivity contribution in [3.05, 3.63) is 34.7 Å².